The maximum absolute atomic E-state index is 12.2. The van der Waals surface area contributed by atoms with Crippen LogP contribution in [0.25, 0.3) is 0 Å². The van der Waals surface area contributed by atoms with Gasteiger partial charge >= 0.3 is 5.97 Å². The molecule has 0 saturated carbocycles. The van der Waals surface area contributed by atoms with Gasteiger partial charge in [-0.25, -0.2) is 17.9 Å². The number of carboxylic acids is 1. The highest BCUT2D eigenvalue weighted by molar-refractivity contribution is 7.89. The van der Waals surface area contributed by atoms with Gasteiger partial charge in [0.1, 0.15) is 4.90 Å². The molecule has 0 unspecified atom stereocenters. The number of aryl methyl sites for hydroxylation is 1. The Bertz CT molecular complexity index is 605. The van der Waals surface area contributed by atoms with E-state index in [1.807, 2.05) is 0 Å². The van der Waals surface area contributed by atoms with Crippen molar-refractivity contribution in [3.05, 3.63) is 11.4 Å². The van der Waals surface area contributed by atoms with Crippen molar-refractivity contribution in [2.45, 2.75) is 31.1 Å². The predicted octanol–water partition coefficient (Wildman–Crippen LogP) is 0.181. The quantitative estimate of drug-likeness (QED) is 0.618. The highest BCUT2D eigenvalue weighted by Crippen LogP contribution is 2.17. The van der Waals surface area contributed by atoms with E-state index in [2.05, 4.69) is 19.8 Å². The zero-order chi connectivity index (χ0) is 15.5. The number of H-pyrrole nitrogens is 1. The molecule has 1 saturated heterocycles. The van der Waals surface area contributed by atoms with Gasteiger partial charge in [-0.2, -0.15) is 5.10 Å². The molecule has 21 heavy (non-hydrogen) atoms. The summed E-state index contributed by atoms with van der Waals surface area (Å²) >= 11 is 0. The van der Waals surface area contributed by atoms with E-state index >= 15 is 0 Å². The SMILES string of the molecule is Cc1[nH]nc(C(=O)O)c1S(=O)(=O)NCCCN1CCCC1. The predicted molar refractivity (Wildman–Crippen MR) is 75.8 cm³/mol. The number of rotatable bonds is 7. The molecule has 0 amide bonds. The Morgan fingerprint density at radius 1 is 1.43 bits per heavy atom. The zero-order valence-corrected chi connectivity index (χ0v) is 12.7. The third-order valence-electron chi connectivity index (χ3n) is 3.50. The lowest BCUT2D eigenvalue weighted by molar-refractivity contribution is 0.0686. The van der Waals surface area contributed by atoms with Gasteiger partial charge in [0.25, 0.3) is 0 Å². The molecule has 0 aliphatic carbocycles. The third-order valence-corrected chi connectivity index (χ3v) is 5.13. The Morgan fingerprint density at radius 3 is 2.71 bits per heavy atom. The smallest absolute Gasteiger partial charge is 0.357 e. The summed E-state index contributed by atoms with van der Waals surface area (Å²) in [4.78, 5) is 13.0. The van der Waals surface area contributed by atoms with Gasteiger partial charge in [-0.3, -0.25) is 5.10 Å². The second-order valence-corrected chi connectivity index (χ2v) is 6.84. The van der Waals surface area contributed by atoms with Crippen LogP contribution in [0.2, 0.25) is 0 Å². The first-order valence-corrected chi connectivity index (χ1v) is 8.40. The zero-order valence-electron chi connectivity index (χ0n) is 11.9. The van der Waals surface area contributed by atoms with E-state index in [1.165, 1.54) is 19.8 Å². The van der Waals surface area contributed by atoms with Crippen LogP contribution >= 0.6 is 0 Å². The summed E-state index contributed by atoms with van der Waals surface area (Å²) in [6.07, 6.45) is 3.09. The van der Waals surface area contributed by atoms with Gasteiger partial charge < -0.3 is 10.0 Å². The number of aromatic nitrogens is 2. The van der Waals surface area contributed by atoms with Gasteiger partial charge in [-0.15, -0.1) is 0 Å². The molecular formula is C12H20N4O4S. The third kappa shape index (κ3) is 3.80. The van der Waals surface area contributed by atoms with E-state index in [0.29, 0.717) is 6.42 Å². The molecule has 1 aromatic rings. The second-order valence-electron chi connectivity index (χ2n) is 5.13. The summed E-state index contributed by atoms with van der Waals surface area (Å²) in [7, 11) is -3.86. The van der Waals surface area contributed by atoms with E-state index in [9.17, 15) is 13.2 Å². The number of sulfonamides is 1. The first-order valence-electron chi connectivity index (χ1n) is 6.92. The Balaban J connectivity index is 1.95. The van der Waals surface area contributed by atoms with Gasteiger partial charge in [-0.05, 0) is 45.8 Å². The van der Waals surface area contributed by atoms with Gasteiger partial charge in [0, 0.05) is 6.54 Å². The van der Waals surface area contributed by atoms with Crippen LogP contribution in [0.1, 0.15) is 35.4 Å². The Morgan fingerprint density at radius 2 is 2.10 bits per heavy atom. The van der Waals surface area contributed by atoms with Crippen LogP contribution in [0.3, 0.4) is 0 Å². The Hall–Kier alpha value is -1.45. The van der Waals surface area contributed by atoms with Crippen molar-refractivity contribution >= 4 is 16.0 Å². The number of aromatic amines is 1. The first-order chi connectivity index (χ1) is 9.92. The highest BCUT2D eigenvalue weighted by atomic mass is 32.2. The van der Waals surface area contributed by atoms with Crippen molar-refractivity contribution in [2.24, 2.45) is 0 Å². The number of aromatic carboxylic acids is 1. The molecule has 0 radical (unpaired) electrons. The lowest BCUT2D eigenvalue weighted by atomic mass is 10.4. The Labute approximate surface area is 123 Å². The topological polar surface area (TPSA) is 115 Å². The second kappa shape index (κ2) is 6.54. The number of hydrogen-bond donors (Lipinski definition) is 3. The van der Waals surface area contributed by atoms with Crippen LogP contribution in [0.4, 0.5) is 0 Å². The average molecular weight is 316 g/mol. The van der Waals surface area contributed by atoms with Crippen LogP contribution in [-0.4, -0.2) is 60.8 Å². The molecule has 1 aliphatic rings. The molecule has 1 fully saturated rings. The van der Waals surface area contributed by atoms with Crippen molar-refractivity contribution in [1.82, 2.24) is 19.8 Å². The number of likely N-dealkylation sites (tertiary alicyclic amines) is 1. The maximum Gasteiger partial charge on any atom is 0.357 e. The van der Waals surface area contributed by atoms with Crippen molar-refractivity contribution in [3.63, 3.8) is 0 Å². The van der Waals surface area contributed by atoms with Crippen molar-refractivity contribution in [2.75, 3.05) is 26.2 Å². The number of nitrogens with zero attached hydrogens (tertiary/aromatic N) is 2. The molecule has 0 bridgehead atoms. The Kier molecular flexibility index (Phi) is 4.96. The number of carboxylic acid groups (broad SMARTS) is 1. The standard InChI is InChI=1S/C12H20N4O4S/c1-9-11(10(12(17)18)15-14-9)21(19,20)13-5-4-8-16-6-2-3-7-16/h13H,2-8H2,1H3,(H,14,15)(H,17,18). The molecule has 8 nitrogen and oxygen atoms in total. The molecule has 3 N–H and O–H groups in total. The van der Waals surface area contributed by atoms with E-state index < -0.39 is 21.7 Å². The van der Waals surface area contributed by atoms with E-state index in [1.54, 1.807) is 0 Å². The number of nitrogens with one attached hydrogen (secondary N) is 2. The highest BCUT2D eigenvalue weighted by Gasteiger charge is 2.27. The molecule has 118 valence electrons. The molecule has 9 heteroatoms. The number of carbonyl (C=O) groups is 1. The van der Waals surface area contributed by atoms with Crippen molar-refractivity contribution in [1.29, 1.82) is 0 Å². The lowest BCUT2D eigenvalue weighted by Gasteiger charge is -2.14. The molecule has 2 rings (SSSR count). The molecule has 2 heterocycles. The summed E-state index contributed by atoms with van der Waals surface area (Å²) in [6.45, 7) is 4.74. The molecule has 0 spiro atoms. The normalized spacial score (nSPS) is 16.4. The molecule has 1 aliphatic heterocycles. The summed E-state index contributed by atoms with van der Waals surface area (Å²) in [5.74, 6) is -1.36. The summed E-state index contributed by atoms with van der Waals surface area (Å²) < 4.78 is 26.8. The minimum absolute atomic E-state index is 0.222. The fourth-order valence-electron chi connectivity index (χ4n) is 2.48. The summed E-state index contributed by atoms with van der Waals surface area (Å²) in [6, 6.07) is 0. The lowest BCUT2D eigenvalue weighted by Crippen LogP contribution is -2.29. The summed E-state index contributed by atoms with van der Waals surface area (Å²) in [5.41, 5.74) is -0.251. The average Bonchev–Trinajstić information content (AvgIpc) is 3.03. The van der Waals surface area contributed by atoms with Crippen LogP contribution < -0.4 is 4.72 Å². The molecule has 0 atom stereocenters. The fourth-order valence-corrected chi connectivity index (χ4v) is 3.87. The van der Waals surface area contributed by atoms with Crippen LogP contribution in [0, 0.1) is 6.92 Å². The van der Waals surface area contributed by atoms with E-state index in [-0.39, 0.29) is 17.1 Å². The monoisotopic (exact) mass is 316 g/mol. The largest absolute Gasteiger partial charge is 0.476 e. The molecular weight excluding hydrogens is 296 g/mol. The minimum Gasteiger partial charge on any atom is -0.476 e. The van der Waals surface area contributed by atoms with E-state index in [4.69, 9.17) is 5.11 Å². The van der Waals surface area contributed by atoms with E-state index in [0.717, 1.165) is 19.6 Å². The van der Waals surface area contributed by atoms with Gasteiger partial charge in [0.15, 0.2) is 5.69 Å². The van der Waals surface area contributed by atoms with Gasteiger partial charge in [0.05, 0.1) is 5.69 Å². The van der Waals surface area contributed by atoms with Crippen molar-refractivity contribution < 1.29 is 18.3 Å². The maximum atomic E-state index is 12.2. The number of hydrogen-bond acceptors (Lipinski definition) is 5. The van der Waals surface area contributed by atoms with Gasteiger partial charge in [-0.1, -0.05) is 0 Å². The molecule has 0 aromatic carbocycles. The van der Waals surface area contributed by atoms with Gasteiger partial charge in [0.2, 0.25) is 10.0 Å². The minimum atomic E-state index is -3.86. The van der Waals surface area contributed by atoms with Crippen molar-refractivity contribution in [3.8, 4) is 0 Å². The first kappa shape index (κ1) is 15.9. The van der Waals surface area contributed by atoms with Crippen LogP contribution in [0.15, 0.2) is 4.90 Å². The molecule has 1 aromatic heterocycles. The summed E-state index contributed by atoms with van der Waals surface area (Å²) in [5, 5.41) is 14.9. The van der Waals surface area contributed by atoms with Crippen LogP contribution in [-0.2, 0) is 10.0 Å². The fraction of sp³-hybridized carbons (Fsp3) is 0.667. The van der Waals surface area contributed by atoms with Crippen LogP contribution in [0.5, 0.6) is 0 Å².